The van der Waals surface area contributed by atoms with Gasteiger partial charge in [-0.1, -0.05) is 19.8 Å². The van der Waals surface area contributed by atoms with Crippen molar-refractivity contribution in [3.05, 3.63) is 29.3 Å². The van der Waals surface area contributed by atoms with Gasteiger partial charge in [-0.3, -0.25) is 4.79 Å². The molecule has 1 unspecified atom stereocenters. The van der Waals surface area contributed by atoms with Crippen molar-refractivity contribution in [3.63, 3.8) is 0 Å². The lowest BCUT2D eigenvalue weighted by Crippen LogP contribution is -2.40. The molecule has 20 heavy (non-hydrogen) atoms. The average Bonchev–Trinajstić information content (AvgIpc) is 2.67. The van der Waals surface area contributed by atoms with Gasteiger partial charge >= 0.3 is 0 Å². The molecule has 5 heteroatoms. The molecular weight excluding hydrogens is 262 g/mol. The van der Waals surface area contributed by atoms with E-state index in [2.05, 4.69) is 0 Å². The zero-order chi connectivity index (χ0) is 14.7. The molecule has 1 aliphatic heterocycles. The van der Waals surface area contributed by atoms with Crippen molar-refractivity contribution < 1.29 is 13.6 Å². The van der Waals surface area contributed by atoms with Gasteiger partial charge in [-0.15, -0.1) is 0 Å². The molecule has 0 spiro atoms. The molecule has 3 nitrogen and oxygen atoms in total. The fourth-order valence-electron chi connectivity index (χ4n) is 2.77. The standard InChI is InChI=1S/C15H20F2N2O/c1-2-10-6-4-3-5-7-19(10)15(20)11-8-12(16)13(17)9-14(11)18/h8-10H,2-7,18H2,1H3. The number of carbonyl (C=O) groups is 1. The Kier molecular flexibility index (Phi) is 4.57. The Morgan fingerprint density at radius 2 is 2.00 bits per heavy atom. The van der Waals surface area contributed by atoms with Crippen LogP contribution in [0.4, 0.5) is 14.5 Å². The summed E-state index contributed by atoms with van der Waals surface area (Å²) in [5.41, 5.74) is 5.72. The molecule has 1 heterocycles. The van der Waals surface area contributed by atoms with Crippen molar-refractivity contribution in [3.8, 4) is 0 Å². The second kappa shape index (κ2) is 6.20. The number of carbonyl (C=O) groups excluding carboxylic acids is 1. The van der Waals surface area contributed by atoms with E-state index in [0.29, 0.717) is 6.54 Å². The number of likely N-dealkylation sites (tertiary alicyclic amines) is 1. The van der Waals surface area contributed by atoms with Crippen LogP contribution < -0.4 is 5.73 Å². The maximum atomic E-state index is 13.3. The number of hydrogen-bond acceptors (Lipinski definition) is 2. The molecular formula is C15H20F2N2O. The Balaban J connectivity index is 2.31. The van der Waals surface area contributed by atoms with Crippen LogP contribution >= 0.6 is 0 Å². The summed E-state index contributed by atoms with van der Waals surface area (Å²) in [4.78, 5) is 14.3. The number of benzene rings is 1. The fourth-order valence-corrected chi connectivity index (χ4v) is 2.77. The number of hydrogen-bond donors (Lipinski definition) is 1. The van der Waals surface area contributed by atoms with Gasteiger partial charge in [0.1, 0.15) is 0 Å². The zero-order valence-electron chi connectivity index (χ0n) is 11.7. The Hall–Kier alpha value is -1.65. The lowest BCUT2D eigenvalue weighted by Gasteiger charge is -2.29. The number of halogens is 2. The summed E-state index contributed by atoms with van der Waals surface area (Å²) in [5, 5.41) is 0. The normalized spacial score (nSPS) is 19.8. The summed E-state index contributed by atoms with van der Waals surface area (Å²) in [5.74, 6) is -2.36. The minimum Gasteiger partial charge on any atom is -0.398 e. The van der Waals surface area contributed by atoms with Gasteiger partial charge in [0.25, 0.3) is 5.91 Å². The minimum atomic E-state index is -1.04. The number of nitrogen functional groups attached to an aromatic ring is 1. The maximum absolute atomic E-state index is 13.3. The highest BCUT2D eigenvalue weighted by Crippen LogP contribution is 2.24. The van der Waals surface area contributed by atoms with Crippen molar-refractivity contribution >= 4 is 11.6 Å². The zero-order valence-corrected chi connectivity index (χ0v) is 11.7. The molecule has 1 aromatic rings. The number of rotatable bonds is 2. The van der Waals surface area contributed by atoms with Crippen molar-refractivity contribution in [2.45, 2.75) is 45.1 Å². The van der Waals surface area contributed by atoms with E-state index >= 15 is 0 Å². The molecule has 1 atom stereocenters. The van der Waals surface area contributed by atoms with Gasteiger partial charge in [-0.25, -0.2) is 8.78 Å². The van der Waals surface area contributed by atoms with E-state index in [1.165, 1.54) is 0 Å². The molecule has 2 rings (SSSR count). The van der Waals surface area contributed by atoms with Crippen LogP contribution in [-0.2, 0) is 0 Å². The van der Waals surface area contributed by atoms with Gasteiger partial charge in [0, 0.05) is 24.3 Å². The second-order valence-corrected chi connectivity index (χ2v) is 5.26. The van der Waals surface area contributed by atoms with Gasteiger partial charge in [0.15, 0.2) is 11.6 Å². The molecule has 110 valence electrons. The van der Waals surface area contributed by atoms with E-state index in [-0.39, 0.29) is 23.2 Å². The lowest BCUT2D eigenvalue weighted by atomic mass is 10.1. The Morgan fingerprint density at radius 3 is 2.70 bits per heavy atom. The molecule has 1 aromatic carbocycles. The number of nitrogens with zero attached hydrogens (tertiary/aromatic N) is 1. The summed E-state index contributed by atoms with van der Waals surface area (Å²) in [6.07, 6.45) is 4.93. The smallest absolute Gasteiger partial charge is 0.256 e. The summed E-state index contributed by atoms with van der Waals surface area (Å²) < 4.78 is 26.4. The topological polar surface area (TPSA) is 46.3 Å². The number of anilines is 1. The van der Waals surface area contributed by atoms with Gasteiger partial charge in [-0.05, 0) is 25.3 Å². The Labute approximate surface area is 117 Å². The van der Waals surface area contributed by atoms with Crippen molar-refractivity contribution in [2.75, 3.05) is 12.3 Å². The Bertz CT molecular complexity index is 505. The van der Waals surface area contributed by atoms with Gasteiger partial charge < -0.3 is 10.6 Å². The van der Waals surface area contributed by atoms with Crippen LogP contribution in [0.5, 0.6) is 0 Å². The van der Waals surface area contributed by atoms with Gasteiger partial charge in [0.2, 0.25) is 0 Å². The van der Waals surface area contributed by atoms with Crippen LogP contribution in [0.3, 0.4) is 0 Å². The average molecular weight is 282 g/mol. The van der Waals surface area contributed by atoms with Crippen LogP contribution in [-0.4, -0.2) is 23.4 Å². The van der Waals surface area contributed by atoms with Gasteiger partial charge in [-0.2, -0.15) is 0 Å². The van der Waals surface area contributed by atoms with Crippen LogP contribution in [0.1, 0.15) is 49.4 Å². The highest BCUT2D eigenvalue weighted by Gasteiger charge is 2.27. The van der Waals surface area contributed by atoms with Crippen molar-refractivity contribution in [2.24, 2.45) is 0 Å². The van der Waals surface area contributed by atoms with Crippen molar-refractivity contribution in [1.29, 1.82) is 0 Å². The van der Waals surface area contributed by atoms with Crippen molar-refractivity contribution in [1.82, 2.24) is 4.90 Å². The first-order valence-electron chi connectivity index (χ1n) is 7.10. The third-order valence-electron chi connectivity index (χ3n) is 3.93. The molecule has 0 aliphatic carbocycles. The Morgan fingerprint density at radius 1 is 1.30 bits per heavy atom. The van der Waals surface area contributed by atoms with E-state index in [4.69, 9.17) is 5.73 Å². The van der Waals surface area contributed by atoms with E-state index in [9.17, 15) is 13.6 Å². The molecule has 0 bridgehead atoms. The molecule has 1 aliphatic rings. The lowest BCUT2D eigenvalue weighted by molar-refractivity contribution is 0.0678. The summed E-state index contributed by atoms with van der Waals surface area (Å²) in [6.45, 7) is 2.68. The first kappa shape index (κ1) is 14.8. The molecule has 1 fully saturated rings. The van der Waals surface area contributed by atoms with Crippen LogP contribution in [0, 0.1) is 11.6 Å². The highest BCUT2D eigenvalue weighted by atomic mass is 19.2. The third-order valence-corrected chi connectivity index (χ3v) is 3.93. The van der Waals surface area contributed by atoms with Gasteiger partial charge in [0.05, 0.1) is 5.56 Å². The summed E-state index contributed by atoms with van der Waals surface area (Å²) >= 11 is 0. The van der Waals surface area contributed by atoms with Crippen LogP contribution in [0.25, 0.3) is 0 Å². The van der Waals surface area contributed by atoms with E-state index in [0.717, 1.165) is 44.2 Å². The molecule has 0 aromatic heterocycles. The van der Waals surface area contributed by atoms with Crippen LogP contribution in [0.2, 0.25) is 0 Å². The predicted octanol–water partition coefficient (Wildman–Crippen LogP) is 3.34. The fraction of sp³-hybridized carbons (Fsp3) is 0.533. The largest absolute Gasteiger partial charge is 0.398 e. The molecule has 2 N–H and O–H groups in total. The van der Waals surface area contributed by atoms with E-state index < -0.39 is 11.6 Å². The maximum Gasteiger partial charge on any atom is 0.256 e. The van der Waals surface area contributed by atoms with Crippen LogP contribution in [0.15, 0.2) is 12.1 Å². The molecule has 0 radical (unpaired) electrons. The first-order valence-corrected chi connectivity index (χ1v) is 7.10. The first-order chi connectivity index (χ1) is 9.54. The molecule has 0 saturated carbocycles. The summed E-state index contributed by atoms with van der Waals surface area (Å²) in [6, 6.07) is 1.93. The monoisotopic (exact) mass is 282 g/mol. The SMILES string of the molecule is CCC1CCCCCN1C(=O)c1cc(F)c(F)cc1N. The third kappa shape index (κ3) is 2.92. The minimum absolute atomic E-state index is 0.00648. The highest BCUT2D eigenvalue weighted by molar-refractivity contribution is 5.99. The summed E-state index contributed by atoms with van der Waals surface area (Å²) in [7, 11) is 0. The molecule has 1 amide bonds. The predicted molar refractivity (Wildman–Crippen MR) is 74.4 cm³/mol. The van der Waals surface area contributed by atoms with E-state index in [1.54, 1.807) is 4.90 Å². The second-order valence-electron chi connectivity index (χ2n) is 5.26. The number of amides is 1. The number of nitrogens with two attached hydrogens (primary N) is 1. The van der Waals surface area contributed by atoms with E-state index in [1.807, 2.05) is 6.92 Å². The molecule has 1 saturated heterocycles. The quantitative estimate of drug-likeness (QED) is 0.846.